The highest BCUT2D eigenvalue weighted by atomic mass is 35.5. The Morgan fingerprint density at radius 2 is 1.79 bits per heavy atom. The number of allylic oxidation sites excluding steroid dienone is 1. The van der Waals surface area contributed by atoms with Gasteiger partial charge in [-0.2, -0.15) is 0 Å². The van der Waals surface area contributed by atoms with E-state index in [0.717, 1.165) is 54.8 Å². The second-order valence-electron chi connectivity index (χ2n) is 14.2. The van der Waals surface area contributed by atoms with Gasteiger partial charge in [-0.3, -0.25) is 5.32 Å². The quantitative estimate of drug-likeness (QED) is 0.350. The molecular weight excluding hydrogens is 490 g/mol. The molecule has 4 aliphatic carbocycles. The van der Waals surface area contributed by atoms with E-state index in [9.17, 15) is 4.79 Å². The van der Waals surface area contributed by atoms with Gasteiger partial charge in [-0.1, -0.05) is 77.1 Å². The van der Waals surface area contributed by atoms with E-state index in [2.05, 4.69) is 46.0 Å². The maximum Gasteiger partial charge on any atom is 0.411 e. The summed E-state index contributed by atoms with van der Waals surface area (Å²) in [6, 6.07) is 7.17. The molecule has 38 heavy (non-hydrogen) atoms. The first kappa shape index (κ1) is 28.1. The Balaban J connectivity index is 1.21. The van der Waals surface area contributed by atoms with Crippen LogP contribution in [0.4, 0.5) is 10.5 Å². The fraction of sp³-hybridized carbons (Fsp3) is 0.735. The molecule has 0 saturated heterocycles. The molecular formula is C34H50ClNO2. The Bertz CT molecular complexity index is 1020. The minimum Gasteiger partial charge on any atom is -0.446 e. The van der Waals surface area contributed by atoms with Crippen molar-refractivity contribution < 1.29 is 9.53 Å². The van der Waals surface area contributed by atoms with Gasteiger partial charge in [0, 0.05) is 17.1 Å². The first-order chi connectivity index (χ1) is 18.1. The lowest BCUT2D eigenvalue weighted by molar-refractivity contribution is -0.0577. The van der Waals surface area contributed by atoms with Crippen LogP contribution in [0.2, 0.25) is 5.02 Å². The molecule has 4 heteroatoms. The van der Waals surface area contributed by atoms with E-state index in [1.165, 1.54) is 51.4 Å². The van der Waals surface area contributed by atoms with Crippen LogP contribution in [0.5, 0.6) is 0 Å². The summed E-state index contributed by atoms with van der Waals surface area (Å²) in [5, 5.41) is 3.52. The van der Waals surface area contributed by atoms with Gasteiger partial charge in [0.15, 0.2) is 0 Å². The fourth-order valence-corrected chi connectivity index (χ4v) is 9.71. The lowest BCUT2D eigenvalue weighted by Gasteiger charge is -2.58. The molecule has 210 valence electrons. The van der Waals surface area contributed by atoms with Crippen LogP contribution >= 0.6 is 11.6 Å². The standard InChI is InChI=1S/C34H50ClNO2/c1-22(2)7-6-8-23(3)29-15-16-30-28-14-9-24-21-27(38-32(37)36-26-12-10-25(35)11-13-26)17-19-33(24,4)31(28)18-20-34(29,30)5/h9-13,22-23,27-31H,6-8,14-21H2,1-5H3,(H,36,37)/t23-,27-,28+,29-,30+,31+,33+,34-/m1/s1. The van der Waals surface area contributed by atoms with Gasteiger partial charge in [-0.05, 0) is 116 Å². The number of amides is 1. The Kier molecular flexibility index (Phi) is 8.26. The van der Waals surface area contributed by atoms with Gasteiger partial charge in [-0.15, -0.1) is 0 Å². The molecule has 0 aromatic heterocycles. The van der Waals surface area contributed by atoms with Gasteiger partial charge in [0.1, 0.15) is 6.10 Å². The van der Waals surface area contributed by atoms with Crippen LogP contribution in [-0.2, 0) is 4.74 Å². The highest BCUT2D eigenvalue weighted by Gasteiger charge is 2.59. The van der Waals surface area contributed by atoms with Gasteiger partial charge in [0.2, 0.25) is 0 Å². The smallest absolute Gasteiger partial charge is 0.411 e. The van der Waals surface area contributed by atoms with Crippen molar-refractivity contribution in [3.8, 4) is 0 Å². The summed E-state index contributed by atoms with van der Waals surface area (Å²) in [7, 11) is 0. The number of fused-ring (bicyclic) bond motifs is 5. The highest BCUT2D eigenvalue weighted by Crippen LogP contribution is 2.67. The van der Waals surface area contributed by atoms with Gasteiger partial charge in [-0.25, -0.2) is 4.79 Å². The van der Waals surface area contributed by atoms with Crippen molar-refractivity contribution in [3.05, 3.63) is 40.9 Å². The van der Waals surface area contributed by atoms with Crippen LogP contribution in [0, 0.1) is 46.3 Å². The van der Waals surface area contributed by atoms with E-state index in [1.807, 2.05) is 12.1 Å². The molecule has 5 rings (SSSR count). The van der Waals surface area contributed by atoms with Crippen LogP contribution in [0.1, 0.15) is 105 Å². The third-order valence-electron chi connectivity index (χ3n) is 11.6. The van der Waals surface area contributed by atoms with Crippen LogP contribution in [0.3, 0.4) is 0 Å². The predicted octanol–water partition coefficient (Wildman–Crippen LogP) is 10.3. The molecule has 0 radical (unpaired) electrons. The number of hydrogen-bond donors (Lipinski definition) is 1. The first-order valence-electron chi connectivity index (χ1n) is 15.5. The molecule has 3 saturated carbocycles. The number of carbonyl (C=O) groups excluding carboxylic acids is 1. The first-order valence-corrected chi connectivity index (χ1v) is 15.9. The maximum absolute atomic E-state index is 12.6. The summed E-state index contributed by atoms with van der Waals surface area (Å²) in [6.07, 6.45) is 16.3. The summed E-state index contributed by atoms with van der Waals surface area (Å²) in [5.41, 5.74) is 3.08. The number of nitrogens with one attached hydrogen (secondary N) is 1. The van der Waals surface area contributed by atoms with Crippen molar-refractivity contribution in [3.63, 3.8) is 0 Å². The van der Waals surface area contributed by atoms with E-state index < -0.39 is 0 Å². The number of anilines is 1. The van der Waals surface area contributed by atoms with Crippen LogP contribution in [0.25, 0.3) is 0 Å². The van der Waals surface area contributed by atoms with Crippen LogP contribution < -0.4 is 5.32 Å². The predicted molar refractivity (Wildman–Crippen MR) is 158 cm³/mol. The number of hydrogen-bond acceptors (Lipinski definition) is 2. The fourth-order valence-electron chi connectivity index (χ4n) is 9.58. The minimum absolute atomic E-state index is 0.0328. The number of carbonyl (C=O) groups is 1. The molecule has 0 unspecified atom stereocenters. The lowest BCUT2D eigenvalue weighted by Crippen LogP contribution is -2.51. The molecule has 0 heterocycles. The van der Waals surface area contributed by atoms with Crippen LogP contribution in [-0.4, -0.2) is 12.2 Å². The van der Waals surface area contributed by atoms with E-state index in [0.29, 0.717) is 16.1 Å². The molecule has 0 spiro atoms. The summed E-state index contributed by atoms with van der Waals surface area (Å²) in [6.45, 7) is 12.5. The van der Waals surface area contributed by atoms with Crippen molar-refractivity contribution >= 4 is 23.4 Å². The SMILES string of the molecule is CC(C)CCC[C@@H](C)[C@H]1CC[C@H]2[C@@H]3CC=C4C[C@H](OC(=O)Nc5ccc(Cl)cc5)CC[C@]4(C)[C@H]3CC[C@]12C. The van der Waals surface area contributed by atoms with Crippen molar-refractivity contribution in [2.75, 3.05) is 5.32 Å². The zero-order chi connectivity index (χ0) is 27.1. The number of rotatable bonds is 7. The molecule has 0 aliphatic heterocycles. The number of benzene rings is 1. The molecule has 3 fully saturated rings. The van der Waals surface area contributed by atoms with E-state index in [-0.39, 0.29) is 17.6 Å². The monoisotopic (exact) mass is 539 g/mol. The van der Waals surface area contributed by atoms with Crippen molar-refractivity contribution in [2.24, 2.45) is 46.3 Å². The molecule has 4 aliphatic rings. The summed E-state index contributed by atoms with van der Waals surface area (Å²) >= 11 is 5.97. The maximum atomic E-state index is 12.6. The molecule has 8 atom stereocenters. The minimum atomic E-state index is -0.358. The third kappa shape index (κ3) is 5.43. The Morgan fingerprint density at radius 3 is 2.53 bits per heavy atom. The molecule has 3 nitrogen and oxygen atoms in total. The van der Waals surface area contributed by atoms with Gasteiger partial charge < -0.3 is 4.74 Å². The largest absolute Gasteiger partial charge is 0.446 e. The third-order valence-corrected chi connectivity index (χ3v) is 11.9. The summed E-state index contributed by atoms with van der Waals surface area (Å²) < 4.78 is 5.90. The van der Waals surface area contributed by atoms with Crippen molar-refractivity contribution in [1.29, 1.82) is 0 Å². The van der Waals surface area contributed by atoms with E-state index in [1.54, 1.807) is 17.7 Å². The zero-order valence-corrected chi connectivity index (χ0v) is 25.2. The Morgan fingerprint density at radius 1 is 1.03 bits per heavy atom. The molecule has 0 bridgehead atoms. The molecule has 1 amide bonds. The normalized spacial score (nSPS) is 37.0. The van der Waals surface area contributed by atoms with Crippen LogP contribution in [0.15, 0.2) is 35.9 Å². The van der Waals surface area contributed by atoms with E-state index >= 15 is 0 Å². The number of halogens is 1. The topological polar surface area (TPSA) is 38.3 Å². The second kappa shape index (κ2) is 11.2. The van der Waals surface area contributed by atoms with Crippen molar-refractivity contribution in [1.82, 2.24) is 0 Å². The Hall–Kier alpha value is -1.48. The van der Waals surface area contributed by atoms with Gasteiger partial charge >= 0.3 is 6.09 Å². The highest BCUT2D eigenvalue weighted by molar-refractivity contribution is 6.30. The molecule has 1 aromatic carbocycles. The second-order valence-corrected chi connectivity index (χ2v) is 14.6. The van der Waals surface area contributed by atoms with Gasteiger partial charge in [0.05, 0.1) is 0 Å². The summed E-state index contributed by atoms with van der Waals surface area (Å²) in [4.78, 5) is 12.6. The Labute approximate surface area is 236 Å². The number of ether oxygens (including phenoxy) is 1. The van der Waals surface area contributed by atoms with Crippen molar-refractivity contribution in [2.45, 2.75) is 111 Å². The molecule has 1 aromatic rings. The molecule has 1 N–H and O–H groups in total. The average Bonchev–Trinajstić information content (AvgIpc) is 3.23. The summed E-state index contributed by atoms with van der Waals surface area (Å²) in [5.74, 6) is 5.10. The lowest BCUT2D eigenvalue weighted by atomic mass is 9.47. The average molecular weight is 540 g/mol. The van der Waals surface area contributed by atoms with Gasteiger partial charge in [0.25, 0.3) is 0 Å². The van der Waals surface area contributed by atoms with E-state index in [4.69, 9.17) is 16.3 Å². The zero-order valence-electron chi connectivity index (χ0n) is 24.4.